The van der Waals surface area contributed by atoms with Gasteiger partial charge in [-0.3, -0.25) is 9.82 Å². The van der Waals surface area contributed by atoms with Crippen molar-refractivity contribution in [1.82, 2.24) is 15.2 Å². The molecule has 0 spiro atoms. The fourth-order valence-corrected chi connectivity index (χ4v) is 3.21. The van der Waals surface area contributed by atoms with Crippen molar-refractivity contribution in [2.45, 2.75) is 4.90 Å². The van der Waals surface area contributed by atoms with Crippen molar-refractivity contribution in [3.05, 3.63) is 41.3 Å². The molecular weight excluding hydrogens is 314 g/mol. The van der Waals surface area contributed by atoms with E-state index in [-0.39, 0.29) is 4.90 Å². The fraction of sp³-hybridized carbons (Fsp3) is 0. The predicted molar refractivity (Wildman–Crippen MR) is 77.4 cm³/mol. The third-order valence-electron chi connectivity index (χ3n) is 2.93. The first-order valence-electron chi connectivity index (χ1n) is 5.74. The Hall–Kier alpha value is -2.50. The van der Waals surface area contributed by atoms with Crippen molar-refractivity contribution in [2.75, 3.05) is 4.72 Å². The van der Waals surface area contributed by atoms with Crippen LogP contribution >= 0.6 is 11.6 Å². The van der Waals surface area contributed by atoms with Gasteiger partial charge in [-0.15, -0.1) is 0 Å². The van der Waals surface area contributed by atoms with Crippen LogP contribution in [-0.4, -0.2) is 23.6 Å². The molecule has 106 valence electrons. The molecule has 0 radical (unpaired) electrons. The molecule has 9 heteroatoms. The van der Waals surface area contributed by atoms with E-state index in [2.05, 4.69) is 19.9 Å². The van der Waals surface area contributed by atoms with Gasteiger partial charge in [-0.05, 0) is 12.1 Å². The number of rotatable bonds is 3. The summed E-state index contributed by atoms with van der Waals surface area (Å²) in [4.78, 5) is 2.87. The molecule has 0 amide bonds. The lowest BCUT2D eigenvalue weighted by molar-refractivity contribution is 0.601. The molecule has 7 nitrogen and oxygen atoms in total. The van der Waals surface area contributed by atoms with E-state index in [4.69, 9.17) is 16.9 Å². The number of sulfonamides is 1. The smallest absolute Gasteiger partial charge is 0.265 e. The molecule has 0 atom stereocenters. The van der Waals surface area contributed by atoms with Gasteiger partial charge in [-0.2, -0.15) is 10.4 Å². The van der Waals surface area contributed by atoms with Crippen LogP contribution in [-0.2, 0) is 10.0 Å². The number of nitrogens with one attached hydrogen (secondary N) is 3. The molecule has 0 bridgehead atoms. The fourth-order valence-electron chi connectivity index (χ4n) is 1.97. The number of H-pyrrole nitrogens is 2. The molecule has 21 heavy (non-hydrogen) atoms. The highest BCUT2D eigenvalue weighted by molar-refractivity contribution is 7.92. The Balaban J connectivity index is 2.13. The van der Waals surface area contributed by atoms with Gasteiger partial charge in [0.2, 0.25) is 0 Å². The second kappa shape index (κ2) is 4.80. The van der Waals surface area contributed by atoms with E-state index in [9.17, 15) is 8.42 Å². The van der Waals surface area contributed by atoms with Gasteiger partial charge in [0.25, 0.3) is 10.0 Å². The molecule has 2 heterocycles. The Morgan fingerprint density at radius 1 is 1.33 bits per heavy atom. The summed E-state index contributed by atoms with van der Waals surface area (Å²) in [6.45, 7) is 0. The van der Waals surface area contributed by atoms with Crippen molar-refractivity contribution < 1.29 is 8.42 Å². The number of fused-ring (bicyclic) bond motifs is 1. The van der Waals surface area contributed by atoms with Gasteiger partial charge in [0.05, 0.1) is 28.0 Å². The van der Waals surface area contributed by atoms with Crippen LogP contribution in [0.1, 0.15) is 5.56 Å². The van der Waals surface area contributed by atoms with Gasteiger partial charge < -0.3 is 4.98 Å². The maximum atomic E-state index is 12.2. The Bertz CT molecular complexity index is 954. The van der Waals surface area contributed by atoms with Crippen molar-refractivity contribution >= 4 is 38.2 Å². The van der Waals surface area contributed by atoms with Crippen molar-refractivity contribution in [3.8, 4) is 6.07 Å². The van der Waals surface area contributed by atoms with Gasteiger partial charge >= 0.3 is 0 Å². The second-order valence-corrected chi connectivity index (χ2v) is 6.29. The highest BCUT2D eigenvalue weighted by Crippen LogP contribution is 2.32. The van der Waals surface area contributed by atoms with Crippen molar-refractivity contribution in [3.63, 3.8) is 0 Å². The highest BCUT2D eigenvalue weighted by Gasteiger charge is 2.18. The standard InChI is InChI=1S/C12H8ClN5O2S/c13-9-1-2-10(12-11(9)7(3-14)4-15-12)18-21(19,20)8-5-16-17-6-8/h1-2,4-6,15,18H,(H,16,17). The van der Waals surface area contributed by atoms with Gasteiger partial charge in [-0.1, -0.05) is 11.6 Å². The summed E-state index contributed by atoms with van der Waals surface area (Å²) in [6.07, 6.45) is 3.95. The predicted octanol–water partition coefficient (Wildman–Crippen LogP) is 2.22. The minimum atomic E-state index is -3.76. The largest absolute Gasteiger partial charge is 0.358 e. The lowest BCUT2D eigenvalue weighted by Crippen LogP contribution is -2.12. The van der Waals surface area contributed by atoms with Crippen LogP contribution in [0, 0.1) is 11.3 Å². The number of aromatic amines is 2. The maximum Gasteiger partial charge on any atom is 0.265 e. The topological polar surface area (TPSA) is 114 Å². The monoisotopic (exact) mass is 321 g/mol. The van der Waals surface area contributed by atoms with Crippen LogP contribution in [0.4, 0.5) is 5.69 Å². The van der Waals surface area contributed by atoms with Crippen molar-refractivity contribution in [1.29, 1.82) is 5.26 Å². The molecule has 3 N–H and O–H groups in total. The summed E-state index contributed by atoms with van der Waals surface area (Å²) in [5, 5.41) is 15.9. The summed E-state index contributed by atoms with van der Waals surface area (Å²) < 4.78 is 26.8. The van der Waals surface area contributed by atoms with E-state index in [1.807, 2.05) is 6.07 Å². The van der Waals surface area contributed by atoms with Gasteiger partial charge in [0, 0.05) is 17.8 Å². The Morgan fingerprint density at radius 2 is 2.14 bits per heavy atom. The first-order valence-corrected chi connectivity index (χ1v) is 7.60. The number of anilines is 1. The average Bonchev–Trinajstić information content (AvgIpc) is 3.10. The second-order valence-electron chi connectivity index (χ2n) is 4.20. The summed E-state index contributed by atoms with van der Waals surface area (Å²) in [5.41, 5.74) is 1.10. The third kappa shape index (κ3) is 2.22. The highest BCUT2D eigenvalue weighted by atomic mass is 35.5. The van der Waals surface area contributed by atoms with Crippen LogP contribution in [0.25, 0.3) is 10.9 Å². The zero-order valence-corrected chi connectivity index (χ0v) is 12.0. The Morgan fingerprint density at radius 3 is 2.81 bits per heavy atom. The zero-order valence-electron chi connectivity index (χ0n) is 10.4. The Labute approximate surface area is 124 Å². The minimum Gasteiger partial charge on any atom is -0.358 e. The van der Waals surface area contributed by atoms with Crippen LogP contribution in [0.2, 0.25) is 5.02 Å². The zero-order chi connectivity index (χ0) is 15.0. The normalized spacial score (nSPS) is 11.4. The molecule has 0 saturated carbocycles. The molecule has 3 aromatic rings. The summed E-state index contributed by atoms with van der Waals surface area (Å²) in [6, 6.07) is 5.06. The van der Waals surface area contributed by atoms with Gasteiger partial charge in [-0.25, -0.2) is 8.42 Å². The summed E-state index contributed by atoms with van der Waals surface area (Å²) in [5.74, 6) is 0. The number of hydrogen-bond acceptors (Lipinski definition) is 4. The van der Waals surface area contributed by atoms with Crippen LogP contribution < -0.4 is 4.72 Å². The van der Waals surface area contributed by atoms with Crippen LogP contribution in [0.5, 0.6) is 0 Å². The van der Waals surface area contributed by atoms with Crippen LogP contribution in [0.3, 0.4) is 0 Å². The number of hydrogen-bond donors (Lipinski definition) is 3. The number of halogens is 1. The van der Waals surface area contributed by atoms with Gasteiger partial charge in [0.15, 0.2) is 0 Å². The molecule has 3 rings (SSSR count). The minimum absolute atomic E-state index is 0.0117. The molecule has 0 fully saturated rings. The molecule has 0 aliphatic rings. The summed E-state index contributed by atoms with van der Waals surface area (Å²) in [7, 11) is -3.76. The number of benzene rings is 1. The van der Waals surface area contributed by atoms with E-state index in [1.54, 1.807) is 0 Å². The first kappa shape index (κ1) is 13.5. The van der Waals surface area contributed by atoms with Crippen LogP contribution in [0.15, 0.2) is 35.6 Å². The van der Waals surface area contributed by atoms with E-state index in [1.165, 1.54) is 30.7 Å². The molecule has 2 aromatic heterocycles. The van der Waals surface area contributed by atoms with E-state index >= 15 is 0 Å². The Kier molecular flexibility index (Phi) is 3.08. The molecule has 1 aromatic carbocycles. The molecule has 0 unspecified atom stereocenters. The van der Waals surface area contributed by atoms with Gasteiger partial charge in [0.1, 0.15) is 11.0 Å². The first-order chi connectivity index (χ1) is 10.0. The quantitative estimate of drug-likeness (QED) is 0.686. The lowest BCUT2D eigenvalue weighted by atomic mass is 10.1. The van der Waals surface area contributed by atoms with Crippen molar-refractivity contribution in [2.24, 2.45) is 0 Å². The maximum absolute atomic E-state index is 12.2. The van der Waals surface area contributed by atoms with E-state index < -0.39 is 10.0 Å². The number of aromatic nitrogens is 3. The molecule has 0 aliphatic heterocycles. The number of nitrogens with zero attached hydrogens (tertiary/aromatic N) is 2. The molecule has 0 saturated heterocycles. The molecular formula is C12H8ClN5O2S. The van der Waals surface area contributed by atoms with E-state index in [0.29, 0.717) is 27.2 Å². The average molecular weight is 322 g/mol. The molecule has 0 aliphatic carbocycles. The third-order valence-corrected chi connectivity index (χ3v) is 4.58. The SMILES string of the molecule is N#Cc1c[nH]c2c(NS(=O)(=O)c3cn[nH]c3)ccc(Cl)c12. The number of nitriles is 1. The lowest BCUT2D eigenvalue weighted by Gasteiger charge is -2.08. The van der Waals surface area contributed by atoms with E-state index in [0.717, 1.165) is 0 Å². The summed E-state index contributed by atoms with van der Waals surface area (Å²) >= 11 is 6.06.